The summed E-state index contributed by atoms with van der Waals surface area (Å²) in [5.41, 5.74) is 1.46. The van der Waals surface area contributed by atoms with E-state index in [0.717, 1.165) is 12.7 Å². The van der Waals surface area contributed by atoms with Gasteiger partial charge in [-0.15, -0.1) is 0 Å². The van der Waals surface area contributed by atoms with Gasteiger partial charge in [0.05, 0.1) is 0 Å². The fraction of sp³-hybridized carbons (Fsp3) is 0.500. The second kappa shape index (κ2) is 11.0. The van der Waals surface area contributed by atoms with Crippen LogP contribution in [-0.4, -0.2) is 6.29 Å². The first-order chi connectivity index (χ1) is 7.35. The number of rotatable bonds is 5. The second-order valence-electron chi connectivity index (χ2n) is 3.54. The average Bonchev–Trinajstić information content (AvgIpc) is 2.30. The van der Waals surface area contributed by atoms with Crippen LogP contribution in [0.4, 0.5) is 0 Å². The Morgan fingerprint density at radius 2 is 1.73 bits per heavy atom. The molecule has 84 valence electrons. The Morgan fingerprint density at radius 1 is 1.07 bits per heavy atom. The third-order valence-electron chi connectivity index (χ3n) is 2.07. The molecule has 0 unspecified atom stereocenters. The normalized spacial score (nSPS) is 8.93. The molecular weight excluding hydrogens is 184 g/mol. The number of benzene rings is 1. The smallest absolute Gasteiger partial charge is 0.119 e. The average molecular weight is 206 g/mol. The summed E-state index contributed by atoms with van der Waals surface area (Å²) < 4.78 is 0. The van der Waals surface area contributed by atoms with Crippen LogP contribution in [0.3, 0.4) is 0 Å². The lowest BCUT2D eigenvalue weighted by atomic mass is 10.1. The molecule has 0 saturated carbocycles. The van der Waals surface area contributed by atoms with Crippen molar-refractivity contribution in [3.8, 4) is 0 Å². The molecule has 15 heavy (non-hydrogen) atoms. The molecule has 0 bridgehead atoms. The number of aryl methyl sites for hydroxylation is 1. The zero-order chi connectivity index (χ0) is 11.4. The highest BCUT2D eigenvalue weighted by molar-refractivity contribution is 5.48. The minimum absolute atomic E-state index is 0.708. The lowest BCUT2D eigenvalue weighted by Crippen LogP contribution is -1.81. The highest BCUT2D eigenvalue weighted by Crippen LogP contribution is 2.03. The van der Waals surface area contributed by atoms with Crippen molar-refractivity contribution in [3.63, 3.8) is 0 Å². The molecule has 0 fully saturated rings. The number of hydrogen-bond acceptors (Lipinski definition) is 1. The van der Waals surface area contributed by atoms with E-state index in [1.807, 2.05) is 6.92 Å². The van der Waals surface area contributed by atoms with E-state index in [9.17, 15) is 4.79 Å². The molecule has 1 nitrogen and oxygen atoms in total. The van der Waals surface area contributed by atoms with Gasteiger partial charge in [0.25, 0.3) is 0 Å². The van der Waals surface area contributed by atoms with E-state index in [-0.39, 0.29) is 0 Å². The Bertz CT molecular complexity index is 228. The van der Waals surface area contributed by atoms with E-state index in [4.69, 9.17) is 0 Å². The van der Waals surface area contributed by atoms with E-state index < -0.39 is 0 Å². The molecular formula is C14H22O. The summed E-state index contributed by atoms with van der Waals surface area (Å²) in [6, 6.07) is 10.6. The first-order valence-corrected chi connectivity index (χ1v) is 5.82. The molecule has 1 rings (SSSR count). The molecule has 0 aromatic heterocycles. The molecule has 0 spiro atoms. The second-order valence-corrected chi connectivity index (χ2v) is 3.54. The van der Waals surface area contributed by atoms with Crippen LogP contribution < -0.4 is 0 Å². The van der Waals surface area contributed by atoms with Gasteiger partial charge in [-0.05, 0) is 24.8 Å². The molecule has 0 amide bonds. The van der Waals surface area contributed by atoms with Gasteiger partial charge < -0.3 is 4.79 Å². The molecule has 0 saturated heterocycles. The number of carbonyl (C=O) groups is 1. The molecule has 1 aromatic carbocycles. The summed E-state index contributed by atoms with van der Waals surface area (Å²) >= 11 is 0. The van der Waals surface area contributed by atoms with E-state index in [2.05, 4.69) is 37.3 Å². The van der Waals surface area contributed by atoms with E-state index >= 15 is 0 Å². The Hall–Kier alpha value is -1.11. The third-order valence-corrected chi connectivity index (χ3v) is 2.07. The standard InChI is InChI=1S/C10H14.C4H8O/c1-2-3-7-10-8-5-4-6-9-10;1-2-3-4-5/h4-6,8-9H,2-3,7H2,1H3;4H,2-3H2,1H3. The SMILES string of the molecule is CCCC=O.CCCCc1ccccc1. The first-order valence-electron chi connectivity index (χ1n) is 5.82. The Labute approximate surface area is 93.5 Å². The monoisotopic (exact) mass is 206 g/mol. The van der Waals surface area contributed by atoms with Crippen LogP contribution in [0.15, 0.2) is 30.3 Å². The van der Waals surface area contributed by atoms with Gasteiger partial charge in [-0.3, -0.25) is 0 Å². The molecule has 0 N–H and O–H groups in total. The van der Waals surface area contributed by atoms with Crippen molar-refractivity contribution in [1.82, 2.24) is 0 Å². The largest absolute Gasteiger partial charge is 0.303 e. The highest BCUT2D eigenvalue weighted by Gasteiger charge is 1.87. The van der Waals surface area contributed by atoms with Gasteiger partial charge >= 0.3 is 0 Å². The van der Waals surface area contributed by atoms with Gasteiger partial charge in [0, 0.05) is 6.42 Å². The van der Waals surface area contributed by atoms with Crippen molar-refractivity contribution < 1.29 is 4.79 Å². The molecule has 1 heteroatoms. The van der Waals surface area contributed by atoms with Crippen LogP contribution in [0.5, 0.6) is 0 Å². The summed E-state index contributed by atoms with van der Waals surface area (Å²) in [5, 5.41) is 0. The Morgan fingerprint density at radius 3 is 2.13 bits per heavy atom. The van der Waals surface area contributed by atoms with Crippen molar-refractivity contribution in [2.75, 3.05) is 0 Å². The van der Waals surface area contributed by atoms with Crippen LogP contribution in [0.2, 0.25) is 0 Å². The van der Waals surface area contributed by atoms with Gasteiger partial charge in [0.2, 0.25) is 0 Å². The summed E-state index contributed by atoms with van der Waals surface area (Å²) in [4.78, 5) is 9.40. The summed E-state index contributed by atoms with van der Waals surface area (Å²) in [6.07, 6.45) is 6.44. The van der Waals surface area contributed by atoms with Gasteiger partial charge in [0.1, 0.15) is 6.29 Å². The lowest BCUT2D eigenvalue weighted by molar-refractivity contribution is -0.107. The maximum atomic E-state index is 9.40. The summed E-state index contributed by atoms with van der Waals surface area (Å²) in [5.74, 6) is 0. The fourth-order valence-electron chi connectivity index (χ4n) is 1.14. The number of carbonyl (C=O) groups excluding carboxylic acids is 1. The van der Waals surface area contributed by atoms with Crippen LogP contribution in [0, 0.1) is 0 Å². The molecule has 1 aromatic rings. The maximum Gasteiger partial charge on any atom is 0.119 e. The van der Waals surface area contributed by atoms with Crippen molar-refractivity contribution in [1.29, 1.82) is 0 Å². The van der Waals surface area contributed by atoms with Gasteiger partial charge in [0.15, 0.2) is 0 Å². The zero-order valence-electron chi connectivity index (χ0n) is 9.91. The molecule has 0 aliphatic carbocycles. The Balaban J connectivity index is 0.000000336. The van der Waals surface area contributed by atoms with Crippen LogP contribution in [0.25, 0.3) is 0 Å². The topological polar surface area (TPSA) is 17.1 Å². The predicted molar refractivity (Wildman–Crippen MR) is 66.0 cm³/mol. The molecule has 0 heterocycles. The van der Waals surface area contributed by atoms with E-state index in [1.165, 1.54) is 24.8 Å². The van der Waals surface area contributed by atoms with Crippen molar-refractivity contribution in [3.05, 3.63) is 35.9 Å². The molecule has 0 aliphatic heterocycles. The lowest BCUT2D eigenvalue weighted by Gasteiger charge is -1.96. The van der Waals surface area contributed by atoms with Gasteiger partial charge in [-0.25, -0.2) is 0 Å². The first kappa shape index (κ1) is 13.9. The quantitative estimate of drug-likeness (QED) is 0.665. The fourth-order valence-corrected chi connectivity index (χ4v) is 1.14. The van der Waals surface area contributed by atoms with Crippen LogP contribution in [0.1, 0.15) is 45.1 Å². The van der Waals surface area contributed by atoms with Crippen molar-refractivity contribution in [2.24, 2.45) is 0 Å². The third kappa shape index (κ3) is 9.20. The molecule has 0 radical (unpaired) electrons. The zero-order valence-corrected chi connectivity index (χ0v) is 9.91. The van der Waals surface area contributed by atoms with Crippen LogP contribution in [-0.2, 0) is 11.2 Å². The van der Waals surface area contributed by atoms with E-state index in [0.29, 0.717) is 6.42 Å². The van der Waals surface area contributed by atoms with Crippen molar-refractivity contribution >= 4 is 6.29 Å². The Kier molecular flexibility index (Phi) is 10.2. The minimum Gasteiger partial charge on any atom is -0.303 e. The van der Waals surface area contributed by atoms with Gasteiger partial charge in [-0.1, -0.05) is 50.6 Å². The molecule has 0 aliphatic rings. The van der Waals surface area contributed by atoms with Crippen molar-refractivity contribution in [2.45, 2.75) is 46.0 Å². The predicted octanol–water partition coefficient (Wildman–Crippen LogP) is 4.01. The maximum absolute atomic E-state index is 9.40. The number of aldehydes is 1. The summed E-state index contributed by atoms with van der Waals surface area (Å²) in [6.45, 7) is 4.21. The highest BCUT2D eigenvalue weighted by atomic mass is 16.1. The molecule has 0 atom stereocenters. The van der Waals surface area contributed by atoms with E-state index in [1.54, 1.807) is 0 Å². The van der Waals surface area contributed by atoms with Gasteiger partial charge in [-0.2, -0.15) is 0 Å². The number of unbranched alkanes of at least 4 members (excludes halogenated alkanes) is 2. The minimum atomic E-state index is 0.708. The number of hydrogen-bond donors (Lipinski definition) is 0. The van der Waals surface area contributed by atoms with Crippen LogP contribution >= 0.6 is 0 Å². The summed E-state index contributed by atoms with van der Waals surface area (Å²) in [7, 11) is 0.